The molecule has 0 unspecified atom stereocenters. The molecule has 2 aromatic rings. The molecule has 0 saturated heterocycles. The van der Waals surface area contributed by atoms with E-state index in [1.54, 1.807) is 24.3 Å². The number of benzene rings is 1. The number of nitrogens with zero attached hydrogens (tertiary/aromatic N) is 2. The first-order chi connectivity index (χ1) is 9.19. The molecule has 0 aliphatic carbocycles. The second kappa shape index (κ2) is 5.94. The van der Waals surface area contributed by atoms with Gasteiger partial charge >= 0.3 is 0 Å². The van der Waals surface area contributed by atoms with Crippen LogP contribution in [0.2, 0.25) is 0 Å². The van der Waals surface area contributed by atoms with Crippen molar-refractivity contribution in [2.24, 2.45) is 0 Å². The molecule has 1 heterocycles. The molecule has 0 fully saturated rings. The summed E-state index contributed by atoms with van der Waals surface area (Å²) in [7, 11) is 0. The maximum absolute atomic E-state index is 11.7. The highest BCUT2D eigenvalue weighted by Crippen LogP contribution is 2.14. The lowest BCUT2D eigenvalue weighted by atomic mass is 10.1. The van der Waals surface area contributed by atoms with Gasteiger partial charge in [0.05, 0.1) is 17.3 Å². The standard InChI is InChI=1S/C14H11N3OS/c1-10-9-19-14(16-10)17-13(18)7-6-11-4-2-3-5-12(11)8-15/h2-7,9H,1H3,(H,16,17,18). The Balaban J connectivity index is 2.06. The van der Waals surface area contributed by atoms with Crippen molar-refractivity contribution in [1.29, 1.82) is 5.26 Å². The Morgan fingerprint density at radius 2 is 2.26 bits per heavy atom. The van der Waals surface area contributed by atoms with E-state index in [4.69, 9.17) is 5.26 Å². The lowest BCUT2D eigenvalue weighted by Crippen LogP contribution is -2.07. The molecule has 0 aliphatic rings. The number of amides is 1. The lowest BCUT2D eigenvalue weighted by molar-refractivity contribution is -0.111. The third-order valence-corrected chi connectivity index (χ3v) is 3.22. The molecule has 0 saturated carbocycles. The van der Waals surface area contributed by atoms with Crippen LogP contribution in [0, 0.1) is 18.3 Å². The molecule has 2 rings (SSSR count). The molecule has 4 nitrogen and oxygen atoms in total. The van der Waals surface area contributed by atoms with Gasteiger partial charge in [0.25, 0.3) is 0 Å². The van der Waals surface area contributed by atoms with Crippen LogP contribution in [-0.4, -0.2) is 10.9 Å². The molecule has 0 spiro atoms. The molecular formula is C14H11N3OS. The van der Waals surface area contributed by atoms with Gasteiger partial charge in [0.1, 0.15) is 0 Å². The first kappa shape index (κ1) is 13.0. The number of aromatic nitrogens is 1. The number of carbonyl (C=O) groups is 1. The summed E-state index contributed by atoms with van der Waals surface area (Å²) in [5.74, 6) is -0.262. The molecule has 1 N–H and O–H groups in total. The average Bonchev–Trinajstić information content (AvgIpc) is 2.82. The number of nitrogens with one attached hydrogen (secondary N) is 1. The third-order valence-electron chi connectivity index (χ3n) is 2.34. The molecule has 1 amide bonds. The second-order valence-electron chi connectivity index (χ2n) is 3.82. The Morgan fingerprint density at radius 1 is 1.47 bits per heavy atom. The van der Waals surface area contributed by atoms with Crippen molar-refractivity contribution < 1.29 is 4.79 Å². The van der Waals surface area contributed by atoms with Crippen molar-refractivity contribution in [2.75, 3.05) is 5.32 Å². The van der Waals surface area contributed by atoms with Gasteiger partial charge in [-0.05, 0) is 24.6 Å². The first-order valence-corrected chi connectivity index (χ1v) is 6.47. The molecule has 1 aromatic heterocycles. The van der Waals surface area contributed by atoms with Crippen LogP contribution in [0.1, 0.15) is 16.8 Å². The Kier molecular flexibility index (Phi) is 4.06. The predicted octanol–water partition coefficient (Wildman–Crippen LogP) is 2.98. The summed E-state index contributed by atoms with van der Waals surface area (Å²) < 4.78 is 0. The van der Waals surface area contributed by atoms with Gasteiger partial charge in [-0.1, -0.05) is 18.2 Å². The van der Waals surface area contributed by atoms with Gasteiger partial charge in [-0.15, -0.1) is 11.3 Å². The first-order valence-electron chi connectivity index (χ1n) is 5.59. The highest BCUT2D eigenvalue weighted by Gasteiger charge is 2.02. The number of anilines is 1. The van der Waals surface area contributed by atoms with Crippen LogP contribution in [0.25, 0.3) is 6.08 Å². The number of hydrogen-bond acceptors (Lipinski definition) is 4. The smallest absolute Gasteiger partial charge is 0.250 e. The number of hydrogen-bond donors (Lipinski definition) is 1. The van der Waals surface area contributed by atoms with E-state index in [9.17, 15) is 4.79 Å². The number of nitriles is 1. The zero-order chi connectivity index (χ0) is 13.7. The van der Waals surface area contributed by atoms with Gasteiger partial charge in [0, 0.05) is 11.5 Å². The molecule has 94 valence electrons. The third kappa shape index (κ3) is 3.50. The Hall–Kier alpha value is -2.45. The zero-order valence-corrected chi connectivity index (χ0v) is 11.1. The largest absolute Gasteiger partial charge is 0.298 e. The van der Waals surface area contributed by atoms with E-state index in [0.717, 1.165) is 11.3 Å². The normalized spacial score (nSPS) is 10.3. The Bertz CT molecular complexity index is 667. The Labute approximate surface area is 115 Å². The van der Waals surface area contributed by atoms with Crippen molar-refractivity contribution in [3.05, 3.63) is 52.5 Å². The quantitative estimate of drug-likeness (QED) is 0.871. The van der Waals surface area contributed by atoms with Crippen LogP contribution in [-0.2, 0) is 4.79 Å². The van der Waals surface area contributed by atoms with Gasteiger partial charge in [0.15, 0.2) is 5.13 Å². The topological polar surface area (TPSA) is 65.8 Å². The summed E-state index contributed by atoms with van der Waals surface area (Å²) in [5.41, 5.74) is 2.13. The van der Waals surface area contributed by atoms with Crippen LogP contribution >= 0.6 is 11.3 Å². The highest BCUT2D eigenvalue weighted by atomic mass is 32.1. The molecule has 5 heteroatoms. The SMILES string of the molecule is Cc1csc(NC(=O)C=Cc2ccccc2C#N)n1. The summed E-state index contributed by atoms with van der Waals surface area (Å²) in [6.07, 6.45) is 3.02. The Morgan fingerprint density at radius 3 is 2.95 bits per heavy atom. The summed E-state index contributed by atoms with van der Waals surface area (Å²) in [6, 6.07) is 9.18. The van der Waals surface area contributed by atoms with Crippen molar-refractivity contribution >= 4 is 28.5 Å². The molecule has 0 atom stereocenters. The minimum atomic E-state index is -0.262. The molecule has 0 bridgehead atoms. The lowest BCUT2D eigenvalue weighted by Gasteiger charge is -1.97. The van der Waals surface area contributed by atoms with Gasteiger partial charge < -0.3 is 0 Å². The maximum Gasteiger partial charge on any atom is 0.250 e. The van der Waals surface area contributed by atoms with Crippen molar-refractivity contribution in [3.63, 3.8) is 0 Å². The van der Waals surface area contributed by atoms with Crippen LogP contribution in [0.15, 0.2) is 35.7 Å². The summed E-state index contributed by atoms with van der Waals surface area (Å²) in [4.78, 5) is 15.8. The van der Waals surface area contributed by atoms with Gasteiger partial charge in [-0.2, -0.15) is 5.26 Å². The van der Waals surface area contributed by atoms with E-state index in [0.29, 0.717) is 10.7 Å². The van der Waals surface area contributed by atoms with Crippen molar-refractivity contribution in [2.45, 2.75) is 6.92 Å². The minimum absolute atomic E-state index is 0.262. The number of thiazole rings is 1. The van der Waals surface area contributed by atoms with Crippen LogP contribution in [0.5, 0.6) is 0 Å². The predicted molar refractivity (Wildman–Crippen MR) is 75.7 cm³/mol. The van der Waals surface area contributed by atoms with Gasteiger partial charge in [-0.25, -0.2) is 4.98 Å². The highest BCUT2D eigenvalue weighted by molar-refractivity contribution is 7.13. The summed E-state index contributed by atoms with van der Waals surface area (Å²) in [5, 5.41) is 14.0. The van der Waals surface area contributed by atoms with E-state index in [1.807, 2.05) is 18.4 Å². The molecule has 19 heavy (non-hydrogen) atoms. The van der Waals surface area contributed by atoms with Gasteiger partial charge in [-0.3, -0.25) is 10.1 Å². The van der Waals surface area contributed by atoms with Crippen LogP contribution < -0.4 is 5.32 Å². The second-order valence-corrected chi connectivity index (χ2v) is 4.67. The monoisotopic (exact) mass is 269 g/mol. The van der Waals surface area contributed by atoms with Crippen molar-refractivity contribution in [3.8, 4) is 6.07 Å². The van der Waals surface area contributed by atoms with E-state index in [1.165, 1.54) is 17.4 Å². The van der Waals surface area contributed by atoms with Crippen LogP contribution in [0.4, 0.5) is 5.13 Å². The molecule has 0 radical (unpaired) electrons. The maximum atomic E-state index is 11.7. The minimum Gasteiger partial charge on any atom is -0.298 e. The van der Waals surface area contributed by atoms with Crippen LogP contribution in [0.3, 0.4) is 0 Å². The van der Waals surface area contributed by atoms with E-state index in [-0.39, 0.29) is 5.91 Å². The van der Waals surface area contributed by atoms with E-state index < -0.39 is 0 Å². The fourth-order valence-electron chi connectivity index (χ4n) is 1.47. The molecule has 1 aromatic carbocycles. The van der Waals surface area contributed by atoms with E-state index in [2.05, 4.69) is 16.4 Å². The van der Waals surface area contributed by atoms with Crippen molar-refractivity contribution in [1.82, 2.24) is 4.98 Å². The van der Waals surface area contributed by atoms with Gasteiger partial charge in [0.2, 0.25) is 5.91 Å². The average molecular weight is 269 g/mol. The number of aryl methyl sites for hydroxylation is 1. The fourth-order valence-corrected chi connectivity index (χ4v) is 2.16. The number of carbonyl (C=O) groups excluding carboxylic acids is 1. The van der Waals surface area contributed by atoms with E-state index >= 15 is 0 Å². The molecular weight excluding hydrogens is 258 g/mol. The zero-order valence-electron chi connectivity index (χ0n) is 10.3. The summed E-state index contributed by atoms with van der Waals surface area (Å²) >= 11 is 1.38. The molecule has 0 aliphatic heterocycles. The number of rotatable bonds is 3. The summed E-state index contributed by atoms with van der Waals surface area (Å²) in [6.45, 7) is 1.87. The fraction of sp³-hybridized carbons (Fsp3) is 0.0714.